The number of nitro groups is 1. The lowest BCUT2D eigenvalue weighted by Crippen LogP contribution is -2.41. The van der Waals surface area contributed by atoms with Gasteiger partial charge in [-0.2, -0.15) is 0 Å². The fourth-order valence-electron chi connectivity index (χ4n) is 3.11. The molecule has 0 aliphatic carbocycles. The summed E-state index contributed by atoms with van der Waals surface area (Å²) in [6.45, 7) is 6.94. The van der Waals surface area contributed by atoms with Gasteiger partial charge in [-0.3, -0.25) is 15.0 Å². The standard InChI is InChI=1S/C20H25N3O7/c1-11(2)16(29-5)10-30-20(26)18-13(4)21-12(3)17(19(24)25)22(18)14-7-6-8-15(9-14)23(27)28/h6-9,11,16,21H,10H2,1-5H3,(H,24,25). The highest BCUT2D eigenvalue weighted by Gasteiger charge is 2.35. The number of methoxy groups -OCH3 is 1. The van der Waals surface area contributed by atoms with E-state index >= 15 is 0 Å². The van der Waals surface area contributed by atoms with E-state index in [1.807, 2.05) is 13.8 Å². The number of allylic oxidation sites excluding steroid dienone is 2. The summed E-state index contributed by atoms with van der Waals surface area (Å²) < 4.78 is 10.7. The number of carboxylic acid groups (broad SMARTS) is 1. The lowest BCUT2D eigenvalue weighted by Gasteiger charge is -2.33. The van der Waals surface area contributed by atoms with Gasteiger partial charge in [-0.15, -0.1) is 0 Å². The van der Waals surface area contributed by atoms with Crippen LogP contribution in [0.25, 0.3) is 0 Å². The summed E-state index contributed by atoms with van der Waals surface area (Å²) in [6, 6.07) is 5.39. The lowest BCUT2D eigenvalue weighted by atomic mass is 10.1. The molecule has 1 unspecified atom stereocenters. The molecule has 162 valence electrons. The maximum atomic E-state index is 13.0. The molecule has 30 heavy (non-hydrogen) atoms. The number of rotatable bonds is 8. The van der Waals surface area contributed by atoms with Crippen LogP contribution < -0.4 is 10.2 Å². The Morgan fingerprint density at radius 3 is 2.40 bits per heavy atom. The second kappa shape index (κ2) is 9.40. The summed E-state index contributed by atoms with van der Waals surface area (Å²) in [6.07, 6.45) is -0.339. The number of anilines is 1. The number of ether oxygens (including phenoxy) is 2. The Balaban J connectivity index is 2.51. The van der Waals surface area contributed by atoms with Crippen molar-refractivity contribution in [3.63, 3.8) is 0 Å². The molecule has 0 saturated heterocycles. The first kappa shape index (κ1) is 22.9. The Kier molecular flexibility index (Phi) is 7.17. The molecule has 10 nitrogen and oxygen atoms in total. The van der Waals surface area contributed by atoms with E-state index in [1.54, 1.807) is 13.8 Å². The van der Waals surface area contributed by atoms with Crippen LogP contribution in [0.1, 0.15) is 27.7 Å². The minimum absolute atomic E-state index is 0.0301. The molecule has 2 N–H and O–H groups in total. The van der Waals surface area contributed by atoms with Crippen LogP contribution in [0.4, 0.5) is 11.4 Å². The molecule has 1 aliphatic rings. The quantitative estimate of drug-likeness (QED) is 0.371. The van der Waals surface area contributed by atoms with Gasteiger partial charge in [0.25, 0.3) is 5.69 Å². The second-order valence-corrected chi connectivity index (χ2v) is 7.11. The molecule has 1 atom stereocenters. The molecule has 1 aromatic rings. The number of non-ortho nitro benzene ring substituents is 1. The topological polar surface area (TPSA) is 131 Å². The molecule has 0 aromatic heterocycles. The van der Waals surface area contributed by atoms with Gasteiger partial charge in [0, 0.05) is 30.6 Å². The summed E-state index contributed by atoms with van der Waals surface area (Å²) >= 11 is 0. The third-order valence-corrected chi connectivity index (χ3v) is 4.65. The van der Waals surface area contributed by atoms with Crippen molar-refractivity contribution < 1.29 is 29.1 Å². The number of esters is 1. The number of hydrogen-bond acceptors (Lipinski definition) is 8. The van der Waals surface area contributed by atoms with Crippen LogP contribution in [-0.4, -0.2) is 41.8 Å². The Hall–Kier alpha value is -3.40. The van der Waals surface area contributed by atoms with E-state index in [4.69, 9.17) is 9.47 Å². The van der Waals surface area contributed by atoms with E-state index in [2.05, 4.69) is 5.32 Å². The summed E-state index contributed by atoms with van der Waals surface area (Å²) in [7, 11) is 1.51. The smallest absolute Gasteiger partial charge is 0.357 e. The van der Waals surface area contributed by atoms with Crippen molar-refractivity contribution in [1.82, 2.24) is 5.32 Å². The number of carbonyl (C=O) groups is 2. The Bertz CT molecular complexity index is 921. The molecule has 10 heteroatoms. The van der Waals surface area contributed by atoms with Gasteiger partial charge < -0.3 is 19.9 Å². The van der Waals surface area contributed by atoms with E-state index in [0.717, 1.165) is 4.90 Å². The molecule has 1 aromatic carbocycles. The molecular weight excluding hydrogens is 394 g/mol. The van der Waals surface area contributed by atoms with Crippen molar-refractivity contribution in [2.24, 2.45) is 5.92 Å². The van der Waals surface area contributed by atoms with Gasteiger partial charge in [-0.1, -0.05) is 19.9 Å². The zero-order valence-corrected chi connectivity index (χ0v) is 17.5. The highest BCUT2D eigenvalue weighted by molar-refractivity contribution is 6.02. The molecular formula is C20H25N3O7. The number of nitrogens with one attached hydrogen (secondary N) is 1. The Morgan fingerprint density at radius 2 is 1.87 bits per heavy atom. The van der Waals surface area contributed by atoms with E-state index in [1.165, 1.54) is 31.4 Å². The Morgan fingerprint density at radius 1 is 1.23 bits per heavy atom. The fraction of sp³-hybridized carbons (Fsp3) is 0.400. The molecule has 0 fully saturated rings. The minimum atomic E-state index is -1.30. The number of carboxylic acids is 1. The van der Waals surface area contributed by atoms with Crippen LogP contribution >= 0.6 is 0 Å². The van der Waals surface area contributed by atoms with Crippen LogP contribution in [0.15, 0.2) is 47.1 Å². The molecule has 1 aliphatic heterocycles. The van der Waals surface area contributed by atoms with Gasteiger partial charge in [0.1, 0.15) is 6.61 Å². The van der Waals surface area contributed by atoms with Crippen molar-refractivity contribution in [2.75, 3.05) is 18.6 Å². The van der Waals surface area contributed by atoms with Crippen molar-refractivity contribution in [3.05, 3.63) is 57.2 Å². The van der Waals surface area contributed by atoms with Gasteiger partial charge >= 0.3 is 11.9 Å². The molecule has 0 amide bonds. The second-order valence-electron chi connectivity index (χ2n) is 7.11. The van der Waals surface area contributed by atoms with Crippen molar-refractivity contribution >= 4 is 23.3 Å². The van der Waals surface area contributed by atoms with E-state index in [-0.39, 0.29) is 47.1 Å². The average Bonchev–Trinajstić information content (AvgIpc) is 2.67. The number of nitrogens with zero attached hydrogens (tertiary/aromatic N) is 2. The van der Waals surface area contributed by atoms with E-state index in [9.17, 15) is 24.8 Å². The van der Waals surface area contributed by atoms with Crippen LogP contribution in [0.3, 0.4) is 0 Å². The van der Waals surface area contributed by atoms with E-state index < -0.39 is 16.9 Å². The summed E-state index contributed by atoms with van der Waals surface area (Å²) in [5.74, 6) is -1.99. The van der Waals surface area contributed by atoms with Crippen LogP contribution in [-0.2, 0) is 19.1 Å². The third kappa shape index (κ3) is 4.77. The molecule has 0 saturated carbocycles. The monoisotopic (exact) mass is 419 g/mol. The summed E-state index contributed by atoms with van der Waals surface area (Å²) in [4.78, 5) is 36.7. The normalized spacial score (nSPS) is 15.2. The first-order valence-corrected chi connectivity index (χ1v) is 9.25. The highest BCUT2D eigenvalue weighted by atomic mass is 16.6. The van der Waals surface area contributed by atoms with Gasteiger partial charge in [-0.25, -0.2) is 9.59 Å². The molecule has 1 heterocycles. The van der Waals surface area contributed by atoms with Crippen LogP contribution in [0.5, 0.6) is 0 Å². The molecule has 0 radical (unpaired) electrons. The van der Waals surface area contributed by atoms with Crippen molar-refractivity contribution in [2.45, 2.75) is 33.8 Å². The maximum absolute atomic E-state index is 13.0. The maximum Gasteiger partial charge on any atom is 0.357 e. The van der Waals surface area contributed by atoms with E-state index in [0.29, 0.717) is 5.70 Å². The Labute approximate surface area is 173 Å². The van der Waals surface area contributed by atoms with Crippen LogP contribution in [0, 0.1) is 16.0 Å². The SMILES string of the molecule is COC(COC(=O)C1=C(C)NC(C)=C(C(=O)O)N1c1cccc([N+](=O)[O-])c1)C(C)C. The first-order chi connectivity index (χ1) is 14.1. The average molecular weight is 419 g/mol. The third-order valence-electron chi connectivity index (χ3n) is 4.65. The molecule has 2 rings (SSSR count). The number of hydrogen-bond donors (Lipinski definition) is 2. The zero-order chi connectivity index (χ0) is 22.6. The van der Waals surface area contributed by atoms with Gasteiger partial charge in [-0.05, 0) is 25.8 Å². The molecule has 0 spiro atoms. The largest absolute Gasteiger partial charge is 0.477 e. The predicted octanol–water partition coefficient (Wildman–Crippen LogP) is 2.77. The fourth-order valence-corrected chi connectivity index (χ4v) is 3.11. The highest BCUT2D eigenvalue weighted by Crippen LogP contribution is 2.33. The first-order valence-electron chi connectivity index (χ1n) is 9.25. The van der Waals surface area contributed by atoms with Gasteiger partial charge in [0.05, 0.1) is 16.7 Å². The zero-order valence-electron chi connectivity index (χ0n) is 17.5. The lowest BCUT2D eigenvalue weighted by molar-refractivity contribution is -0.384. The van der Waals surface area contributed by atoms with Crippen molar-refractivity contribution in [3.8, 4) is 0 Å². The number of aliphatic carboxylic acids is 1. The number of carbonyl (C=O) groups excluding carboxylic acids is 1. The number of nitro benzene ring substituents is 1. The molecule has 0 bridgehead atoms. The van der Waals surface area contributed by atoms with Crippen molar-refractivity contribution in [1.29, 1.82) is 0 Å². The summed E-state index contributed by atoms with van der Waals surface area (Å²) in [5, 5.41) is 23.8. The van der Waals surface area contributed by atoms with Gasteiger partial charge in [0.15, 0.2) is 11.4 Å². The van der Waals surface area contributed by atoms with Gasteiger partial charge in [0.2, 0.25) is 0 Å². The predicted molar refractivity (Wildman–Crippen MR) is 108 cm³/mol. The van der Waals surface area contributed by atoms with Crippen LogP contribution in [0.2, 0.25) is 0 Å². The minimum Gasteiger partial charge on any atom is -0.477 e. The number of benzene rings is 1. The summed E-state index contributed by atoms with van der Waals surface area (Å²) in [5.41, 5.74) is 0.240.